The summed E-state index contributed by atoms with van der Waals surface area (Å²) in [5, 5.41) is 5.95. The van der Waals surface area contributed by atoms with Gasteiger partial charge in [0.15, 0.2) is 5.96 Å². The van der Waals surface area contributed by atoms with Gasteiger partial charge in [-0.05, 0) is 17.7 Å². The van der Waals surface area contributed by atoms with Crippen LogP contribution in [0, 0.1) is 5.82 Å². The number of hydrogen-bond donors (Lipinski definition) is 2. The van der Waals surface area contributed by atoms with Crippen molar-refractivity contribution in [1.82, 2.24) is 10.6 Å². The number of hydrogen-bond acceptors (Lipinski definition) is 2. The van der Waals surface area contributed by atoms with Gasteiger partial charge in [0.1, 0.15) is 11.6 Å². The minimum absolute atomic E-state index is 0.0143. The number of benzene rings is 2. The molecule has 4 nitrogen and oxygen atoms in total. The molecule has 2 aromatic rings. The highest BCUT2D eigenvalue weighted by atomic mass is 19.3. The molecule has 7 heteroatoms. The van der Waals surface area contributed by atoms with E-state index in [0.29, 0.717) is 12.5 Å². The van der Waals surface area contributed by atoms with E-state index in [2.05, 4.69) is 20.4 Å². The van der Waals surface area contributed by atoms with E-state index in [4.69, 9.17) is 0 Å². The summed E-state index contributed by atoms with van der Waals surface area (Å²) in [5.41, 5.74) is 1.06. The molecule has 0 unspecified atom stereocenters. The minimum atomic E-state index is -3.01. The molecular formula is C17H18F3N3O. The quantitative estimate of drug-likeness (QED) is 0.628. The van der Waals surface area contributed by atoms with Crippen molar-refractivity contribution in [2.45, 2.75) is 19.7 Å². The van der Waals surface area contributed by atoms with Crippen molar-refractivity contribution in [3.8, 4) is 5.75 Å². The number of nitrogens with one attached hydrogen (secondary N) is 2. The molecule has 0 aliphatic rings. The Morgan fingerprint density at radius 2 is 1.75 bits per heavy atom. The first-order valence-electron chi connectivity index (χ1n) is 7.30. The van der Waals surface area contributed by atoms with Crippen LogP contribution in [-0.2, 0) is 13.1 Å². The van der Waals surface area contributed by atoms with Crippen molar-refractivity contribution in [2.75, 3.05) is 7.05 Å². The second-order valence-electron chi connectivity index (χ2n) is 4.86. The van der Waals surface area contributed by atoms with Crippen LogP contribution < -0.4 is 15.4 Å². The number of halogens is 3. The third-order valence-electron chi connectivity index (χ3n) is 3.25. The van der Waals surface area contributed by atoms with E-state index in [1.165, 1.54) is 18.2 Å². The summed E-state index contributed by atoms with van der Waals surface area (Å²) in [6.07, 6.45) is 0. The zero-order chi connectivity index (χ0) is 17.4. The molecule has 0 aliphatic heterocycles. The van der Waals surface area contributed by atoms with E-state index in [1.54, 1.807) is 7.05 Å². The van der Waals surface area contributed by atoms with Gasteiger partial charge in [-0.2, -0.15) is 8.78 Å². The highest BCUT2D eigenvalue weighted by Crippen LogP contribution is 2.23. The number of alkyl halides is 2. The maximum absolute atomic E-state index is 13.9. The summed E-state index contributed by atoms with van der Waals surface area (Å²) in [6.45, 7) is -2.53. The van der Waals surface area contributed by atoms with Gasteiger partial charge in [0.2, 0.25) is 0 Å². The largest absolute Gasteiger partial charge is 0.434 e. The van der Waals surface area contributed by atoms with Gasteiger partial charge in [0, 0.05) is 25.7 Å². The van der Waals surface area contributed by atoms with Crippen molar-refractivity contribution >= 4 is 5.96 Å². The van der Waals surface area contributed by atoms with Crippen LogP contribution in [0.3, 0.4) is 0 Å². The predicted molar refractivity (Wildman–Crippen MR) is 86.5 cm³/mol. The van der Waals surface area contributed by atoms with Crippen molar-refractivity contribution in [2.24, 2.45) is 4.99 Å². The van der Waals surface area contributed by atoms with Gasteiger partial charge in [-0.25, -0.2) is 4.39 Å². The molecule has 0 aliphatic carbocycles. The first-order valence-corrected chi connectivity index (χ1v) is 7.30. The van der Waals surface area contributed by atoms with Gasteiger partial charge in [-0.3, -0.25) is 4.99 Å². The Morgan fingerprint density at radius 1 is 1.04 bits per heavy atom. The van der Waals surface area contributed by atoms with Crippen molar-refractivity contribution in [3.63, 3.8) is 0 Å². The molecule has 2 aromatic carbocycles. The zero-order valence-electron chi connectivity index (χ0n) is 13.1. The Kier molecular flexibility index (Phi) is 6.48. The molecule has 0 aromatic heterocycles. The summed E-state index contributed by atoms with van der Waals surface area (Å²) in [6, 6.07) is 13.5. The van der Waals surface area contributed by atoms with Gasteiger partial charge in [0.05, 0.1) is 0 Å². The topological polar surface area (TPSA) is 45.7 Å². The van der Waals surface area contributed by atoms with Crippen LogP contribution in [0.4, 0.5) is 13.2 Å². The molecule has 0 saturated heterocycles. The number of nitrogens with zero attached hydrogens (tertiary/aromatic N) is 1. The molecule has 24 heavy (non-hydrogen) atoms. The third-order valence-corrected chi connectivity index (χ3v) is 3.25. The summed E-state index contributed by atoms with van der Waals surface area (Å²) in [5.74, 6) is -0.403. The van der Waals surface area contributed by atoms with Crippen molar-refractivity contribution in [1.29, 1.82) is 0 Å². The van der Waals surface area contributed by atoms with Gasteiger partial charge in [-0.15, -0.1) is 0 Å². The fourth-order valence-corrected chi connectivity index (χ4v) is 2.09. The zero-order valence-corrected chi connectivity index (χ0v) is 13.1. The van der Waals surface area contributed by atoms with Gasteiger partial charge in [0.25, 0.3) is 0 Å². The summed E-state index contributed by atoms with van der Waals surface area (Å²) in [4.78, 5) is 4.02. The average molecular weight is 337 g/mol. The van der Waals surface area contributed by atoms with Crippen LogP contribution in [0.2, 0.25) is 0 Å². The summed E-state index contributed by atoms with van der Waals surface area (Å²) < 4.78 is 43.0. The van der Waals surface area contributed by atoms with Crippen LogP contribution in [-0.4, -0.2) is 19.6 Å². The first-order chi connectivity index (χ1) is 11.6. The first kappa shape index (κ1) is 17.7. The molecule has 0 bridgehead atoms. The lowest BCUT2D eigenvalue weighted by atomic mass is 10.2. The average Bonchev–Trinajstić information content (AvgIpc) is 2.57. The van der Waals surface area contributed by atoms with Crippen LogP contribution in [0.1, 0.15) is 11.1 Å². The SMILES string of the molecule is CN=C(NCc1ccccc1)NCc1c(F)cccc1OC(F)F. The monoisotopic (exact) mass is 337 g/mol. The Hall–Kier alpha value is -2.70. The number of ether oxygens (including phenoxy) is 1. The molecule has 0 fully saturated rings. The van der Waals surface area contributed by atoms with E-state index in [-0.39, 0.29) is 17.9 Å². The lowest BCUT2D eigenvalue weighted by molar-refractivity contribution is -0.0506. The van der Waals surface area contributed by atoms with Gasteiger partial charge < -0.3 is 15.4 Å². The molecule has 2 rings (SSSR count). The molecule has 0 saturated carbocycles. The Balaban J connectivity index is 1.98. The maximum Gasteiger partial charge on any atom is 0.387 e. The van der Waals surface area contributed by atoms with E-state index in [0.717, 1.165) is 5.56 Å². The fourth-order valence-electron chi connectivity index (χ4n) is 2.09. The van der Waals surface area contributed by atoms with Crippen molar-refractivity contribution < 1.29 is 17.9 Å². The number of rotatable bonds is 6. The van der Waals surface area contributed by atoms with Gasteiger partial charge >= 0.3 is 6.61 Å². The molecule has 0 atom stereocenters. The third kappa shape index (κ3) is 5.19. The van der Waals surface area contributed by atoms with E-state index in [9.17, 15) is 13.2 Å². The fraction of sp³-hybridized carbons (Fsp3) is 0.235. The minimum Gasteiger partial charge on any atom is -0.434 e. The van der Waals surface area contributed by atoms with Gasteiger partial charge in [-0.1, -0.05) is 36.4 Å². The molecule has 2 N–H and O–H groups in total. The molecular weight excluding hydrogens is 319 g/mol. The number of guanidine groups is 1. The van der Waals surface area contributed by atoms with E-state index >= 15 is 0 Å². The standard InChI is InChI=1S/C17H18F3N3O/c1-21-17(22-10-12-6-3-2-4-7-12)23-11-13-14(18)8-5-9-15(13)24-16(19)20/h2-9,16H,10-11H2,1H3,(H2,21,22,23). The Labute approximate surface area is 138 Å². The predicted octanol–water partition coefficient (Wildman–Crippen LogP) is 3.29. The smallest absolute Gasteiger partial charge is 0.387 e. The highest BCUT2D eigenvalue weighted by Gasteiger charge is 2.14. The maximum atomic E-state index is 13.9. The second-order valence-corrected chi connectivity index (χ2v) is 4.86. The summed E-state index contributed by atoms with van der Waals surface area (Å²) in [7, 11) is 1.57. The van der Waals surface area contributed by atoms with Crippen LogP contribution in [0.15, 0.2) is 53.5 Å². The second kappa shape index (κ2) is 8.81. The molecule has 0 heterocycles. The number of aliphatic imine (C=N–C) groups is 1. The molecule has 128 valence electrons. The van der Waals surface area contributed by atoms with Crippen LogP contribution >= 0.6 is 0 Å². The highest BCUT2D eigenvalue weighted by molar-refractivity contribution is 5.79. The summed E-state index contributed by atoms with van der Waals surface area (Å²) >= 11 is 0. The van der Waals surface area contributed by atoms with Crippen LogP contribution in [0.25, 0.3) is 0 Å². The normalized spacial score (nSPS) is 11.5. The Morgan fingerprint density at radius 3 is 2.42 bits per heavy atom. The van der Waals surface area contributed by atoms with E-state index < -0.39 is 12.4 Å². The van der Waals surface area contributed by atoms with Crippen molar-refractivity contribution in [3.05, 3.63) is 65.5 Å². The van der Waals surface area contributed by atoms with Crippen LogP contribution in [0.5, 0.6) is 5.75 Å². The van der Waals surface area contributed by atoms with E-state index in [1.807, 2.05) is 30.3 Å². The molecule has 0 amide bonds. The lowest BCUT2D eigenvalue weighted by Gasteiger charge is -2.15. The molecule has 0 spiro atoms. The lowest BCUT2D eigenvalue weighted by Crippen LogP contribution is -2.36. The molecule has 0 radical (unpaired) electrons. The Bertz CT molecular complexity index is 678.